The Kier molecular flexibility index (Phi) is 5.86. The van der Waals surface area contributed by atoms with E-state index in [1.165, 1.54) is 5.56 Å². The lowest BCUT2D eigenvalue weighted by Gasteiger charge is -2.28. The molecule has 0 N–H and O–H groups in total. The number of rotatable bonds is 6. The maximum atomic E-state index is 5.49. The first kappa shape index (κ1) is 19.9. The van der Waals surface area contributed by atoms with Crippen LogP contribution in [0.3, 0.4) is 0 Å². The number of nitrogens with zero attached hydrogens (tertiary/aromatic N) is 6. The highest BCUT2D eigenvalue weighted by Crippen LogP contribution is 2.27. The van der Waals surface area contributed by atoms with Crippen LogP contribution in [0.15, 0.2) is 40.0 Å². The Morgan fingerprint density at radius 2 is 1.83 bits per heavy atom. The highest BCUT2D eigenvalue weighted by atomic mass is 32.2. The average molecular weight is 415 g/mol. The first-order chi connectivity index (χ1) is 14.0. The second-order valence-corrected chi connectivity index (χ2v) is 8.95. The molecule has 1 aliphatic rings. The number of ether oxygens (including phenoxy) is 1. The highest BCUT2D eigenvalue weighted by molar-refractivity contribution is 7.98. The number of morpholine rings is 1. The largest absolute Gasteiger partial charge is 0.378 e. The third kappa shape index (κ3) is 4.79. The summed E-state index contributed by atoms with van der Waals surface area (Å²) in [6, 6.07) is 10.4. The second-order valence-electron chi connectivity index (χ2n) is 8.01. The van der Waals surface area contributed by atoms with Crippen LogP contribution in [0.2, 0.25) is 0 Å². The van der Waals surface area contributed by atoms with Crippen molar-refractivity contribution in [3.05, 3.63) is 47.6 Å². The van der Waals surface area contributed by atoms with Crippen LogP contribution in [0.1, 0.15) is 38.0 Å². The number of hydrogen-bond donors (Lipinski definition) is 0. The average Bonchev–Trinajstić information content (AvgIpc) is 3.35. The fraction of sp³-hybridized carbons (Fsp3) is 0.500. The van der Waals surface area contributed by atoms with Gasteiger partial charge in [0.1, 0.15) is 0 Å². The van der Waals surface area contributed by atoms with Crippen molar-refractivity contribution in [2.45, 2.75) is 43.6 Å². The van der Waals surface area contributed by atoms with Gasteiger partial charge in [-0.15, -0.1) is 10.2 Å². The van der Waals surface area contributed by atoms with E-state index in [1.807, 2.05) is 18.2 Å². The topological polar surface area (TPSA) is 82.1 Å². The van der Waals surface area contributed by atoms with Crippen LogP contribution in [-0.2, 0) is 22.4 Å². The van der Waals surface area contributed by atoms with Gasteiger partial charge in [0.25, 0.3) is 0 Å². The summed E-state index contributed by atoms with van der Waals surface area (Å²) in [5, 5.41) is 13.9. The van der Waals surface area contributed by atoms with Crippen molar-refractivity contribution in [2.24, 2.45) is 0 Å². The molecule has 29 heavy (non-hydrogen) atoms. The molecule has 0 atom stereocenters. The molecule has 0 spiro atoms. The number of thioether (sulfide) groups is 1. The molecule has 3 aromatic rings. The summed E-state index contributed by atoms with van der Waals surface area (Å²) in [5.41, 5.74) is 1.05. The molecule has 1 aromatic carbocycles. The summed E-state index contributed by atoms with van der Waals surface area (Å²) < 4.78 is 13.1. The Hall–Kier alpha value is -2.39. The maximum absolute atomic E-state index is 5.49. The quantitative estimate of drug-likeness (QED) is 0.569. The molecule has 0 unspecified atom stereocenters. The SMILES string of the molecule is CC(C)(C)c1nc(CSc2nnc(N3CCOCC3)n2Cc2ccccc2)no1. The van der Waals surface area contributed by atoms with E-state index in [0.29, 0.717) is 37.2 Å². The fourth-order valence-electron chi connectivity index (χ4n) is 3.04. The number of aromatic nitrogens is 5. The van der Waals surface area contributed by atoms with E-state index in [0.717, 1.165) is 24.2 Å². The van der Waals surface area contributed by atoms with Gasteiger partial charge in [-0.1, -0.05) is 68.0 Å². The normalized spacial score (nSPS) is 15.1. The zero-order valence-electron chi connectivity index (χ0n) is 17.0. The van der Waals surface area contributed by atoms with Crippen molar-refractivity contribution >= 4 is 17.7 Å². The van der Waals surface area contributed by atoms with Crippen molar-refractivity contribution in [3.8, 4) is 0 Å². The number of anilines is 1. The van der Waals surface area contributed by atoms with E-state index in [4.69, 9.17) is 9.26 Å². The van der Waals surface area contributed by atoms with Crippen LogP contribution in [0, 0.1) is 0 Å². The molecule has 2 aromatic heterocycles. The third-order valence-corrected chi connectivity index (χ3v) is 5.58. The van der Waals surface area contributed by atoms with Gasteiger partial charge in [-0.25, -0.2) is 0 Å². The van der Waals surface area contributed by atoms with Gasteiger partial charge in [0.05, 0.1) is 25.5 Å². The lowest BCUT2D eigenvalue weighted by molar-refractivity contribution is 0.121. The summed E-state index contributed by atoms with van der Waals surface area (Å²) in [6.45, 7) is 9.93. The molecule has 1 fully saturated rings. The molecular formula is C20H26N6O2S. The molecule has 154 valence electrons. The van der Waals surface area contributed by atoms with Crippen LogP contribution < -0.4 is 4.90 Å². The van der Waals surface area contributed by atoms with Gasteiger partial charge in [0.2, 0.25) is 11.8 Å². The monoisotopic (exact) mass is 414 g/mol. The van der Waals surface area contributed by atoms with E-state index >= 15 is 0 Å². The van der Waals surface area contributed by atoms with Crippen LogP contribution in [0.4, 0.5) is 5.95 Å². The smallest absolute Gasteiger partial charge is 0.232 e. The Bertz CT molecular complexity index is 928. The molecule has 1 aliphatic heterocycles. The minimum atomic E-state index is -0.160. The minimum Gasteiger partial charge on any atom is -0.378 e. The van der Waals surface area contributed by atoms with E-state index in [2.05, 4.69) is 62.7 Å². The number of benzene rings is 1. The van der Waals surface area contributed by atoms with Crippen molar-refractivity contribution in [1.82, 2.24) is 24.9 Å². The molecule has 1 saturated heterocycles. The Labute approximate surface area is 174 Å². The lowest BCUT2D eigenvalue weighted by Crippen LogP contribution is -2.38. The van der Waals surface area contributed by atoms with Crippen LogP contribution in [0.25, 0.3) is 0 Å². The Balaban J connectivity index is 1.55. The van der Waals surface area contributed by atoms with Gasteiger partial charge >= 0.3 is 0 Å². The predicted octanol–water partition coefficient (Wildman–Crippen LogP) is 3.14. The Morgan fingerprint density at radius 3 is 2.52 bits per heavy atom. The molecule has 0 aliphatic carbocycles. The summed E-state index contributed by atoms with van der Waals surface area (Å²) in [5.74, 6) is 2.77. The van der Waals surface area contributed by atoms with Gasteiger partial charge < -0.3 is 14.2 Å². The summed E-state index contributed by atoms with van der Waals surface area (Å²) >= 11 is 1.57. The molecule has 0 radical (unpaired) electrons. The molecule has 0 amide bonds. The molecule has 0 saturated carbocycles. The van der Waals surface area contributed by atoms with Crippen molar-refractivity contribution in [2.75, 3.05) is 31.2 Å². The van der Waals surface area contributed by atoms with Gasteiger partial charge in [-0.2, -0.15) is 4.98 Å². The van der Waals surface area contributed by atoms with E-state index < -0.39 is 0 Å². The minimum absolute atomic E-state index is 0.160. The van der Waals surface area contributed by atoms with E-state index in [1.54, 1.807) is 11.8 Å². The van der Waals surface area contributed by atoms with Crippen LogP contribution in [-0.4, -0.2) is 51.2 Å². The standard InChI is InChI=1S/C20H26N6O2S/c1-20(2,3)17-21-16(24-28-17)14-29-19-23-22-18(25-9-11-27-12-10-25)26(19)13-15-7-5-4-6-8-15/h4-8H,9-14H2,1-3H3. The molecule has 9 heteroatoms. The van der Waals surface area contributed by atoms with E-state index in [9.17, 15) is 0 Å². The van der Waals surface area contributed by atoms with Gasteiger partial charge in [0, 0.05) is 18.5 Å². The molecule has 0 bridgehead atoms. The third-order valence-electron chi connectivity index (χ3n) is 4.61. The van der Waals surface area contributed by atoms with E-state index in [-0.39, 0.29) is 5.41 Å². The van der Waals surface area contributed by atoms with Crippen molar-refractivity contribution in [3.63, 3.8) is 0 Å². The lowest BCUT2D eigenvalue weighted by atomic mass is 9.97. The van der Waals surface area contributed by atoms with Gasteiger partial charge in [-0.3, -0.25) is 4.57 Å². The predicted molar refractivity (Wildman–Crippen MR) is 111 cm³/mol. The first-order valence-corrected chi connectivity index (χ1v) is 10.7. The van der Waals surface area contributed by atoms with Crippen molar-refractivity contribution < 1.29 is 9.26 Å². The van der Waals surface area contributed by atoms with Gasteiger partial charge in [-0.05, 0) is 5.56 Å². The molecule has 3 heterocycles. The molecule has 8 nitrogen and oxygen atoms in total. The van der Waals surface area contributed by atoms with Crippen LogP contribution >= 0.6 is 11.8 Å². The van der Waals surface area contributed by atoms with Gasteiger partial charge in [0.15, 0.2) is 11.0 Å². The zero-order valence-corrected chi connectivity index (χ0v) is 17.9. The highest BCUT2D eigenvalue weighted by Gasteiger charge is 2.23. The van der Waals surface area contributed by atoms with Crippen molar-refractivity contribution in [1.29, 1.82) is 0 Å². The zero-order chi connectivity index (χ0) is 20.3. The Morgan fingerprint density at radius 1 is 1.07 bits per heavy atom. The molecule has 4 rings (SSSR count). The first-order valence-electron chi connectivity index (χ1n) is 9.76. The summed E-state index contributed by atoms with van der Waals surface area (Å²) in [7, 11) is 0. The van der Waals surface area contributed by atoms with Crippen LogP contribution in [0.5, 0.6) is 0 Å². The number of hydrogen-bond acceptors (Lipinski definition) is 8. The molecular weight excluding hydrogens is 388 g/mol. The fourth-order valence-corrected chi connectivity index (χ4v) is 3.81. The maximum Gasteiger partial charge on any atom is 0.232 e. The summed E-state index contributed by atoms with van der Waals surface area (Å²) in [4.78, 5) is 6.76. The second kappa shape index (κ2) is 8.54. The summed E-state index contributed by atoms with van der Waals surface area (Å²) in [6.07, 6.45) is 0.